The first kappa shape index (κ1) is 11.4. The van der Waals surface area contributed by atoms with E-state index in [4.69, 9.17) is 0 Å². The van der Waals surface area contributed by atoms with Crippen LogP contribution in [0.25, 0.3) is 5.78 Å². The summed E-state index contributed by atoms with van der Waals surface area (Å²) in [5, 5.41) is 7.69. The molecule has 1 unspecified atom stereocenters. The van der Waals surface area contributed by atoms with Gasteiger partial charge in [0.05, 0.1) is 0 Å². The van der Waals surface area contributed by atoms with Crippen molar-refractivity contribution in [2.24, 2.45) is 0 Å². The Labute approximate surface area is 106 Å². The van der Waals surface area contributed by atoms with Gasteiger partial charge in [-0.2, -0.15) is 14.6 Å². The molecule has 0 saturated carbocycles. The molecule has 2 aromatic heterocycles. The van der Waals surface area contributed by atoms with Gasteiger partial charge in [0, 0.05) is 30.9 Å². The predicted octanol–water partition coefficient (Wildman–Crippen LogP) is 0.621. The van der Waals surface area contributed by atoms with Crippen LogP contribution in [0.2, 0.25) is 0 Å². The van der Waals surface area contributed by atoms with Gasteiger partial charge in [-0.05, 0) is 26.8 Å². The fourth-order valence-electron chi connectivity index (χ4n) is 2.63. The Hall–Kier alpha value is -1.69. The number of anilines is 1. The minimum absolute atomic E-state index is 0.532. The zero-order valence-electron chi connectivity index (χ0n) is 10.8. The Bertz CT molecular complexity index is 542. The molecule has 0 spiro atoms. The van der Waals surface area contributed by atoms with Gasteiger partial charge in [0.2, 0.25) is 0 Å². The molecular formula is C12H18N6. The summed E-state index contributed by atoms with van der Waals surface area (Å²) < 4.78 is 1.83. The predicted molar refractivity (Wildman–Crippen MR) is 69.8 cm³/mol. The maximum atomic E-state index is 4.39. The van der Waals surface area contributed by atoms with E-state index in [1.807, 2.05) is 11.4 Å². The Kier molecular flexibility index (Phi) is 2.87. The Morgan fingerprint density at radius 3 is 3.17 bits per heavy atom. The summed E-state index contributed by atoms with van der Waals surface area (Å²) in [4.78, 5) is 11.0. The van der Waals surface area contributed by atoms with Crippen molar-refractivity contribution in [3.05, 3.63) is 18.1 Å². The number of hydrogen-bond acceptors (Lipinski definition) is 5. The van der Waals surface area contributed by atoms with Gasteiger partial charge in [0.25, 0.3) is 5.78 Å². The van der Waals surface area contributed by atoms with Crippen molar-refractivity contribution in [2.45, 2.75) is 26.3 Å². The third-order valence-electron chi connectivity index (χ3n) is 3.47. The molecule has 6 heteroatoms. The lowest BCUT2D eigenvalue weighted by molar-refractivity contribution is 0.629. The molecule has 1 atom stereocenters. The Morgan fingerprint density at radius 2 is 2.44 bits per heavy atom. The number of nitrogens with one attached hydrogen (secondary N) is 1. The van der Waals surface area contributed by atoms with Gasteiger partial charge in [-0.3, -0.25) is 0 Å². The van der Waals surface area contributed by atoms with E-state index in [2.05, 4.69) is 38.3 Å². The second-order valence-electron chi connectivity index (χ2n) is 4.66. The molecule has 3 rings (SSSR count). The van der Waals surface area contributed by atoms with Crippen LogP contribution in [0.1, 0.15) is 19.0 Å². The van der Waals surface area contributed by atoms with Crippen molar-refractivity contribution in [1.29, 1.82) is 0 Å². The van der Waals surface area contributed by atoms with Crippen LogP contribution in [0.3, 0.4) is 0 Å². The number of likely N-dealkylation sites (N-methyl/N-ethyl adjacent to an activating group) is 1. The number of aromatic nitrogens is 4. The summed E-state index contributed by atoms with van der Waals surface area (Å²) in [7, 11) is 0. The van der Waals surface area contributed by atoms with Crippen molar-refractivity contribution < 1.29 is 0 Å². The zero-order valence-corrected chi connectivity index (χ0v) is 10.8. The summed E-state index contributed by atoms with van der Waals surface area (Å²) in [5.74, 6) is 1.76. The molecule has 0 amide bonds. The maximum Gasteiger partial charge on any atom is 0.254 e. The first-order valence-electron chi connectivity index (χ1n) is 6.44. The van der Waals surface area contributed by atoms with Gasteiger partial charge in [-0.25, -0.2) is 4.98 Å². The summed E-state index contributed by atoms with van der Waals surface area (Å²) in [6, 6.07) is 2.62. The van der Waals surface area contributed by atoms with Crippen molar-refractivity contribution in [3.63, 3.8) is 0 Å². The van der Waals surface area contributed by atoms with Crippen LogP contribution in [-0.4, -0.2) is 45.3 Å². The van der Waals surface area contributed by atoms with Crippen LogP contribution in [0.15, 0.2) is 12.4 Å². The standard InChI is InChI=1S/C12H18N6/c1-3-17(10-4-5-13-7-10)11-6-9(2)16-12-14-8-15-18(11)12/h6,8,10,13H,3-5,7H2,1-2H3. The number of fused-ring (bicyclic) bond motifs is 1. The van der Waals surface area contributed by atoms with E-state index < -0.39 is 0 Å². The third-order valence-corrected chi connectivity index (χ3v) is 3.47. The zero-order chi connectivity index (χ0) is 12.5. The number of rotatable bonds is 3. The molecule has 0 bridgehead atoms. The van der Waals surface area contributed by atoms with Crippen LogP contribution in [0, 0.1) is 6.92 Å². The summed E-state index contributed by atoms with van der Waals surface area (Å²) >= 11 is 0. The highest BCUT2D eigenvalue weighted by Gasteiger charge is 2.23. The fraction of sp³-hybridized carbons (Fsp3) is 0.583. The van der Waals surface area contributed by atoms with Crippen LogP contribution >= 0.6 is 0 Å². The molecular weight excluding hydrogens is 228 g/mol. The van der Waals surface area contributed by atoms with Gasteiger partial charge in [-0.1, -0.05) is 0 Å². The average Bonchev–Trinajstić information content (AvgIpc) is 2.99. The topological polar surface area (TPSA) is 58.4 Å². The van der Waals surface area contributed by atoms with Gasteiger partial charge in [-0.15, -0.1) is 0 Å². The first-order chi connectivity index (χ1) is 8.79. The third kappa shape index (κ3) is 1.82. The summed E-state index contributed by atoms with van der Waals surface area (Å²) in [6.45, 7) is 7.26. The van der Waals surface area contributed by atoms with Crippen LogP contribution in [0.4, 0.5) is 5.82 Å². The van der Waals surface area contributed by atoms with Crippen molar-refractivity contribution in [2.75, 3.05) is 24.5 Å². The summed E-state index contributed by atoms with van der Waals surface area (Å²) in [6.07, 6.45) is 2.73. The molecule has 1 aliphatic heterocycles. The van der Waals surface area contributed by atoms with Gasteiger partial charge in [0.1, 0.15) is 12.1 Å². The van der Waals surface area contributed by atoms with Crippen LogP contribution < -0.4 is 10.2 Å². The van der Waals surface area contributed by atoms with Crippen LogP contribution in [-0.2, 0) is 0 Å². The normalized spacial score (nSPS) is 19.6. The van der Waals surface area contributed by atoms with E-state index in [0.717, 1.165) is 31.1 Å². The Morgan fingerprint density at radius 1 is 1.56 bits per heavy atom. The highest BCUT2D eigenvalue weighted by molar-refractivity contribution is 5.48. The van der Waals surface area contributed by atoms with E-state index in [1.54, 1.807) is 6.33 Å². The minimum Gasteiger partial charge on any atom is -0.352 e. The lowest BCUT2D eigenvalue weighted by atomic mass is 10.2. The smallest absolute Gasteiger partial charge is 0.254 e. The van der Waals surface area contributed by atoms with Crippen molar-refractivity contribution >= 4 is 11.6 Å². The van der Waals surface area contributed by atoms with Gasteiger partial charge >= 0.3 is 0 Å². The molecule has 0 radical (unpaired) electrons. The van der Waals surface area contributed by atoms with Gasteiger partial charge in [0.15, 0.2) is 0 Å². The Balaban J connectivity index is 2.07. The largest absolute Gasteiger partial charge is 0.352 e. The molecule has 1 N–H and O–H groups in total. The maximum absolute atomic E-state index is 4.39. The number of hydrogen-bond donors (Lipinski definition) is 1. The van der Waals surface area contributed by atoms with Crippen molar-refractivity contribution in [1.82, 2.24) is 24.9 Å². The van der Waals surface area contributed by atoms with E-state index in [9.17, 15) is 0 Å². The molecule has 18 heavy (non-hydrogen) atoms. The van der Waals surface area contributed by atoms with Crippen LogP contribution in [0.5, 0.6) is 0 Å². The van der Waals surface area contributed by atoms with E-state index in [1.165, 1.54) is 6.42 Å². The molecule has 6 nitrogen and oxygen atoms in total. The lowest BCUT2D eigenvalue weighted by Gasteiger charge is -2.29. The number of aryl methyl sites for hydroxylation is 1. The number of nitrogens with zero attached hydrogens (tertiary/aromatic N) is 5. The fourth-order valence-corrected chi connectivity index (χ4v) is 2.63. The highest BCUT2D eigenvalue weighted by atomic mass is 15.4. The summed E-state index contributed by atoms with van der Waals surface area (Å²) in [5.41, 5.74) is 0.981. The lowest BCUT2D eigenvalue weighted by Crippen LogP contribution is -2.38. The minimum atomic E-state index is 0.532. The molecule has 1 saturated heterocycles. The van der Waals surface area contributed by atoms with E-state index in [0.29, 0.717) is 11.8 Å². The molecule has 1 aliphatic rings. The molecule has 3 heterocycles. The SMILES string of the molecule is CCN(c1cc(C)nc2ncnn12)C1CCNC1. The quantitative estimate of drug-likeness (QED) is 0.860. The van der Waals surface area contributed by atoms with Crippen molar-refractivity contribution in [3.8, 4) is 0 Å². The second-order valence-corrected chi connectivity index (χ2v) is 4.66. The first-order valence-corrected chi connectivity index (χ1v) is 6.44. The highest BCUT2D eigenvalue weighted by Crippen LogP contribution is 2.20. The van der Waals surface area contributed by atoms with E-state index in [-0.39, 0.29) is 0 Å². The molecule has 0 aliphatic carbocycles. The molecule has 0 aromatic carbocycles. The molecule has 2 aromatic rings. The molecule has 1 fully saturated rings. The average molecular weight is 246 g/mol. The monoisotopic (exact) mass is 246 g/mol. The molecule has 96 valence electrons. The van der Waals surface area contributed by atoms with Gasteiger partial charge < -0.3 is 10.2 Å². The van der Waals surface area contributed by atoms with E-state index >= 15 is 0 Å². The second kappa shape index (κ2) is 4.53.